The second-order valence-electron chi connectivity index (χ2n) is 4.98. The number of nitrogens with one attached hydrogen (secondary N) is 1. The fourth-order valence-electron chi connectivity index (χ4n) is 2.45. The first kappa shape index (κ1) is 15.6. The minimum Gasteiger partial charge on any atom is -0.362 e. The maximum Gasteiger partial charge on any atom is 0.293 e. The molecule has 1 atom stereocenters. The smallest absolute Gasteiger partial charge is 0.293 e. The zero-order chi connectivity index (χ0) is 15.4. The fourth-order valence-corrected chi connectivity index (χ4v) is 3.49. The van der Waals surface area contributed by atoms with E-state index in [2.05, 4.69) is 17.1 Å². The first-order valence-corrected chi connectivity index (χ1v) is 8.05. The van der Waals surface area contributed by atoms with Gasteiger partial charge in [0.1, 0.15) is 5.69 Å². The number of thioether (sulfide) groups is 1. The highest BCUT2D eigenvalue weighted by atomic mass is 32.2. The molecule has 114 valence electrons. The third-order valence-electron chi connectivity index (χ3n) is 3.66. The highest BCUT2D eigenvalue weighted by Gasteiger charge is 2.25. The highest BCUT2D eigenvalue weighted by Crippen LogP contribution is 2.32. The first-order valence-electron chi connectivity index (χ1n) is 6.89. The van der Waals surface area contributed by atoms with Gasteiger partial charge >= 0.3 is 0 Å². The Kier molecular flexibility index (Phi) is 5.06. The van der Waals surface area contributed by atoms with Gasteiger partial charge in [0.25, 0.3) is 11.6 Å². The summed E-state index contributed by atoms with van der Waals surface area (Å²) < 4.78 is 0. The number of hydrogen-bond donors (Lipinski definition) is 1. The third kappa shape index (κ3) is 3.47. The van der Waals surface area contributed by atoms with E-state index < -0.39 is 4.92 Å². The Hall–Kier alpha value is -1.76. The monoisotopic (exact) mass is 309 g/mol. The van der Waals surface area contributed by atoms with Crippen molar-refractivity contribution in [2.24, 2.45) is 0 Å². The Morgan fingerprint density at radius 3 is 2.90 bits per heavy atom. The molecule has 6 nitrogen and oxygen atoms in total. The van der Waals surface area contributed by atoms with Gasteiger partial charge in [0.2, 0.25) is 0 Å². The van der Waals surface area contributed by atoms with E-state index >= 15 is 0 Å². The molecule has 7 heteroatoms. The van der Waals surface area contributed by atoms with Gasteiger partial charge in [-0.05, 0) is 31.2 Å². The number of benzene rings is 1. The van der Waals surface area contributed by atoms with E-state index in [4.69, 9.17) is 0 Å². The molecule has 1 aliphatic heterocycles. The van der Waals surface area contributed by atoms with Crippen LogP contribution in [0.2, 0.25) is 0 Å². The van der Waals surface area contributed by atoms with Crippen LogP contribution in [0.15, 0.2) is 18.2 Å². The van der Waals surface area contributed by atoms with Crippen LogP contribution in [-0.4, -0.2) is 42.0 Å². The first-order chi connectivity index (χ1) is 10.0. The van der Waals surface area contributed by atoms with Crippen LogP contribution in [0.25, 0.3) is 0 Å². The van der Waals surface area contributed by atoms with Gasteiger partial charge < -0.3 is 10.2 Å². The van der Waals surface area contributed by atoms with Crippen molar-refractivity contribution in [2.75, 3.05) is 30.0 Å². The van der Waals surface area contributed by atoms with Crippen LogP contribution < -0.4 is 10.2 Å². The summed E-state index contributed by atoms with van der Waals surface area (Å²) in [5.41, 5.74) is 0.905. The molecule has 0 spiro atoms. The normalized spacial score (nSPS) is 19.0. The quantitative estimate of drug-likeness (QED) is 0.685. The highest BCUT2D eigenvalue weighted by molar-refractivity contribution is 7.99. The molecule has 1 aliphatic rings. The molecule has 21 heavy (non-hydrogen) atoms. The minimum atomic E-state index is -0.410. The van der Waals surface area contributed by atoms with Crippen molar-refractivity contribution < 1.29 is 9.72 Å². The molecule has 1 saturated heterocycles. The summed E-state index contributed by atoms with van der Waals surface area (Å²) in [6.45, 7) is 2.87. The predicted octanol–water partition coefficient (Wildman–Crippen LogP) is 2.29. The van der Waals surface area contributed by atoms with Crippen LogP contribution in [0, 0.1) is 10.1 Å². The van der Waals surface area contributed by atoms with Crippen LogP contribution in [0.1, 0.15) is 23.7 Å². The van der Waals surface area contributed by atoms with Crippen LogP contribution in [0.4, 0.5) is 11.4 Å². The maximum absolute atomic E-state index is 11.6. The van der Waals surface area contributed by atoms with Crippen molar-refractivity contribution in [1.29, 1.82) is 0 Å². The van der Waals surface area contributed by atoms with Gasteiger partial charge in [0, 0.05) is 37.0 Å². The standard InChI is InChI=1S/C14H19N3O3S/c1-10-5-7-21-8-6-16(10)12-4-3-11(14(18)15-2)9-13(12)17(19)20/h3-4,9-10H,5-8H2,1-2H3,(H,15,18). The van der Waals surface area contributed by atoms with Crippen molar-refractivity contribution in [3.8, 4) is 0 Å². The van der Waals surface area contributed by atoms with E-state index in [1.165, 1.54) is 13.1 Å². The topological polar surface area (TPSA) is 75.5 Å². The molecule has 0 saturated carbocycles. The molecule has 1 N–H and O–H groups in total. The summed E-state index contributed by atoms with van der Waals surface area (Å²) in [6.07, 6.45) is 0.999. The summed E-state index contributed by atoms with van der Waals surface area (Å²) >= 11 is 1.87. The summed E-state index contributed by atoms with van der Waals surface area (Å²) in [6, 6.07) is 4.95. The van der Waals surface area contributed by atoms with Crippen molar-refractivity contribution in [3.63, 3.8) is 0 Å². The lowest BCUT2D eigenvalue weighted by molar-refractivity contribution is -0.384. The summed E-state index contributed by atoms with van der Waals surface area (Å²) in [5.74, 6) is 1.71. The lowest BCUT2D eigenvalue weighted by Crippen LogP contribution is -2.34. The lowest BCUT2D eigenvalue weighted by atomic mass is 10.1. The Morgan fingerprint density at radius 2 is 2.24 bits per heavy atom. The van der Waals surface area contributed by atoms with E-state index in [0.29, 0.717) is 11.3 Å². The van der Waals surface area contributed by atoms with Gasteiger partial charge in [-0.15, -0.1) is 0 Å². The summed E-state index contributed by atoms with van der Waals surface area (Å²) in [4.78, 5) is 24.7. The van der Waals surface area contributed by atoms with E-state index in [1.807, 2.05) is 11.8 Å². The summed E-state index contributed by atoms with van der Waals surface area (Å²) in [5, 5.41) is 13.8. The van der Waals surface area contributed by atoms with E-state index in [1.54, 1.807) is 12.1 Å². The molecule has 0 bridgehead atoms. The van der Waals surface area contributed by atoms with Gasteiger partial charge in [-0.2, -0.15) is 11.8 Å². The van der Waals surface area contributed by atoms with Crippen LogP contribution in [0.3, 0.4) is 0 Å². The molecular weight excluding hydrogens is 290 g/mol. The number of anilines is 1. The van der Waals surface area contributed by atoms with E-state index in [-0.39, 0.29) is 17.6 Å². The largest absolute Gasteiger partial charge is 0.362 e. The molecular formula is C14H19N3O3S. The van der Waals surface area contributed by atoms with Gasteiger partial charge in [-0.25, -0.2) is 0 Å². The second kappa shape index (κ2) is 6.80. The molecule has 1 unspecified atom stereocenters. The number of nitro benzene ring substituents is 1. The van der Waals surface area contributed by atoms with Crippen LogP contribution >= 0.6 is 11.8 Å². The molecule has 2 rings (SSSR count). The zero-order valence-electron chi connectivity index (χ0n) is 12.2. The van der Waals surface area contributed by atoms with Crippen molar-refractivity contribution >= 4 is 29.0 Å². The summed E-state index contributed by atoms with van der Waals surface area (Å²) in [7, 11) is 1.51. The SMILES string of the molecule is CNC(=O)c1ccc(N2CCSCCC2C)c([N+](=O)[O-])c1. The number of hydrogen-bond acceptors (Lipinski definition) is 5. The second-order valence-corrected chi connectivity index (χ2v) is 6.21. The van der Waals surface area contributed by atoms with Crippen LogP contribution in [-0.2, 0) is 0 Å². The Bertz CT molecular complexity index is 550. The number of nitro groups is 1. The third-order valence-corrected chi connectivity index (χ3v) is 4.65. The van der Waals surface area contributed by atoms with Crippen molar-refractivity contribution in [1.82, 2.24) is 5.32 Å². The molecule has 1 aromatic rings. The number of carbonyl (C=O) groups is 1. The van der Waals surface area contributed by atoms with Gasteiger partial charge in [0.05, 0.1) is 4.92 Å². The lowest BCUT2D eigenvalue weighted by Gasteiger charge is -2.28. The number of amides is 1. The molecule has 0 aliphatic carbocycles. The molecule has 1 amide bonds. The zero-order valence-corrected chi connectivity index (χ0v) is 13.0. The Balaban J connectivity index is 2.42. The molecule has 1 aromatic carbocycles. The molecule has 1 heterocycles. The van der Waals surface area contributed by atoms with Gasteiger partial charge in [-0.1, -0.05) is 0 Å². The number of nitrogens with zero attached hydrogens (tertiary/aromatic N) is 2. The number of rotatable bonds is 3. The van der Waals surface area contributed by atoms with Crippen molar-refractivity contribution in [3.05, 3.63) is 33.9 Å². The van der Waals surface area contributed by atoms with E-state index in [0.717, 1.165) is 24.5 Å². The van der Waals surface area contributed by atoms with Gasteiger partial charge in [-0.3, -0.25) is 14.9 Å². The molecule has 0 aromatic heterocycles. The fraction of sp³-hybridized carbons (Fsp3) is 0.500. The average Bonchev–Trinajstić information content (AvgIpc) is 2.70. The minimum absolute atomic E-state index is 0.00477. The average molecular weight is 309 g/mol. The number of carbonyl (C=O) groups excluding carboxylic acids is 1. The maximum atomic E-state index is 11.6. The molecule has 1 fully saturated rings. The van der Waals surface area contributed by atoms with E-state index in [9.17, 15) is 14.9 Å². The van der Waals surface area contributed by atoms with Crippen LogP contribution in [0.5, 0.6) is 0 Å². The molecule has 0 radical (unpaired) electrons. The predicted molar refractivity (Wildman–Crippen MR) is 85.2 cm³/mol. The Morgan fingerprint density at radius 1 is 1.48 bits per heavy atom. The Labute approximate surface area is 128 Å². The van der Waals surface area contributed by atoms with Crippen molar-refractivity contribution in [2.45, 2.75) is 19.4 Å². The van der Waals surface area contributed by atoms with Gasteiger partial charge in [0.15, 0.2) is 0 Å².